The fourth-order valence-corrected chi connectivity index (χ4v) is 2.16. The summed E-state index contributed by atoms with van der Waals surface area (Å²) < 4.78 is 1.91. The summed E-state index contributed by atoms with van der Waals surface area (Å²) in [4.78, 5) is 27.8. The minimum atomic E-state index is -0.144. The molecule has 1 N–H and O–H groups in total. The number of hydrogen-bond acceptors (Lipinski definition) is 2. The molecule has 0 bridgehead atoms. The zero-order valence-electron chi connectivity index (χ0n) is 8.86. The monoisotopic (exact) mass is 217 g/mol. The van der Waals surface area contributed by atoms with Gasteiger partial charge in [0.15, 0.2) is 0 Å². The molecular formula is C11H11N3O2. The Morgan fingerprint density at radius 2 is 2.12 bits per heavy atom. The molecule has 0 unspecified atom stereocenters. The van der Waals surface area contributed by atoms with Crippen molar-refractivity contribution in [3.8, 4) is 0 Å². The number of likely N-dealkylation sites (N-methyl/N-ethyl adjacent to an activating group) is 1. The first kappa shape index (κ1) is 9.21. The SMILES string of the molecule is CN1CCn2c(cc3c(=O)[nH]ccc32)C1=O. The highest BCUT2D eigenvalue weighted by molar-refractivity contribution is 5.99. The normalized spacial score (nSPS) is 15.6. The zero-order chi connectivity index (χ0) is 11.3. The van der Waals surface area contributed by atoms with E-state index in [1.807, 2.05) is 10.6 Å². The second kappa shape index (κ2) is 2.98. The van der Waals surface area contributed by atoms with Gasteiger partial charge in [0.25, 0.3) is 11.5 Å². The molecule has 1 amide bonds. The molecule has 5 nitrogen and oxygen atoms in total. The molecule has 0 saturated heterocycles. The van der Waals surface area contributed by atoms with E-state index in [1.165, 1.54) is 0 Å². The van der Waals surface area contributed by atoms with Gasteiger partial charge in [0, 0.05) is 26.3 Å². The molecule has 82 valence electrons. The summed E-state index contributed by atoms with van der Waals surface area (Å²) >= 11 is 0. The lowest BCUT2D eigenvalue weighted by molar-refractivity contribution is 0.0751. The van der Waals surface area contributed by atoms with Crippen molar-refractivity contribution in [3.63, 3.8) is 0 Å². The Balaban J connectivity index is 2.39. The van der Waals surface area contributed by atoms with E-state index in [2.05, 4.69) is 4.98 Å². The van der Waals surface area contributed by atoms with E-state index in [0.717, 1.165) is 12.1 Å². The third-order valence-electron chi connectivity index (χ3n) is 3.06. The van der Waals surface area contributed by atoms with Crippen LogP contribution in [-0.4, -0.2) is 34.0 Å². The van der Waals surface area contributed by atoms with E-state index < -0.39 is 0 Å². The Bertz CT molecular complexity index is 638. The van der Waals surface area contributed by atoms with E-state index in [1.54, 1.807) is 24.2 Å². The molecule has 2 aromatic heterocycles. The van der Waals surface area contributed by atoms with Crippen molar-refractivity contribution in [3.05, 3.63) is 34.4 Å². The molecule has 3 rings (SSSR count). The molecular weight excluding hydrogens is 206 g/mol. The van der Waals surface area contributed by atoms with Gasteiger partial charge in [0.1, 0.15) is 5.69 Å². The molecule has 0 saturated carbocycles. The molecule has 1 aliphatic rings. The molecule has 1 aliphatic heterocycles. The summed E-state index contributed by atoms with van der Waals surface area (Å²) in [6.07, 6.45) is 1.61. The minimum Gasteiger partial charge on any atom is -0.339 e. The number of aromatic nitrogens is 2. The third-order valence-corrected chi connectivity index (χ3v) is 3.06. The van der Waals surface area contributed by atoms with Gasteiger partial charge in [-0.05, 0) is 12.1 Å². The lowest BCUT2D eigenvalue weighted by Gasteiger charge is -2.24. The summed E-state index contributed by atoms with van der Waals surface area (Å²) in [5, 5.41) is 0.584. The molecule has 3 heterocycles. The van der Waals surface area contributed by atoms with Crippen LogP contribution in [0.15, 0.2) is 23.1 Å². The maximum Gasteiger partial charge on any atom is 0.270 e. The fraction of sp³-hybridized carbons (Fsp3) is 0.273. The number of fused-ring (bicyclic) bond motifs is 3. The topological polar surface area (TPSA) is 58.1 Å². The number of carbonyl (C=O) groups is 1. The van der Waals surface area contributed by atoms with Gasteiger partial charge in [-0.3, -0.25) is 9.59 Å². The van der Waals surface area contributed by atoms with Gasteiger partial charge < -0.3 is 14.5 Å². The second-order valence-corrected chi connectivity index (χ2v) is 4.01. The third kappa shape index (κ3) is 1.05. The molecule has 0 aliphatic carbocycles. The fourth-order valence-electron chi connectivity index (χ4n) is 2.16. The summed E-state index contributed by atoms with van der Waals surface area (Å²) in [6, 6.07) is 3.50. The van der Waals surface area contributed by atoms with Crippen LogP contribution >= 0.6 is 0 Å². The van der Waals surface area contributed by atoms with Gasteiger partial charge in [0.2, 0.25) is 0 Å². The van der Waals surface area contributed by atoms with E-state index >= 15 is 0 Å². The van der Waals surface area contributed by atoms with E-state index in [9.17, 15) is 9.59 Å². The van der Waals surface area contributed by atoms with Gasteiger partial charge in [-0.1, -0.05) is 0 Å². The van der Waals surface area contributed by atoms with Crippen molar-refractivity contribution in [2.45, 2.75) is 6.54 Å². The highest BCUT2D eigenvalue weighted by Crippen LogP contribution is 2.20. The lowest BCUT2D eigenvalue weighted by Crippen LogP contribution is -2.36. The number of pyridine rings is 1. The molecule has 0 aromatic carbocycles. The Hall–Kier alpha value is -2.04. The molecule has 0 spiro atoms. The molecule has 0 atom stereocenters. The number of nitrogens with one attached hydrogen (secondary N) is 1. The van der Waals surface area contributed by atoms with E-state index in [-0.39, 0.29) is 11.5 Å². The second-order valence-electron chi connectivity index (χ2n) is 4.01. The molecule has 0 radical (unpaired) electrons. The van der Waals surface area contributed by atoms with Crippen molar-refractivity contribution in [2.75, 3.05) is 13.6 Å². The first-order chi connectivity index (χ1) is 7.68. The van der Waals surface area contributed by atoms with Crippen molar-refractivity contribution >= 4 is 16.8 Å². The number of carbonyl (C=O) groups excluding carboxylic acids is 1. The Morgan fingerprint density at radius 3 is 2.94 bits per heavy atom. The van der Waals surface area contributed by atoms with Gasteiger partial charge in [0.05, 0.1) is 10.9 Å². The van der Waals surface area contributed by atoms with Crippen LogP contribution in [0.3, 0.4) is 0 Å². The standard InChI is InChI=1S/C11H11N3O2/c1-13-4-5-14-8-2-3-12-10(15)7(8)6-9(14)11(13)16/h2-3,6H,4-5H2,1H3,(H,12,15). The zero-order valence-corrected chi connectivity index (χ0v) is 8.86. The molecule has 5 heteroatoms. The maximum atomic E-state index is 11.9. The molecule has 16 heavy (non-hydrogen) atoms. The van der Waals surface area contributed by atoms with Crippen molar-refractivity contribution < 1.29 is 4.79 Å². The number of aromatic amines is 1. The summed E-state index contributed by atoms with van der Waals surface area (Å²) in [5.41, 5.74) is 1.29. The van der Waals surface area contributed by atoms with Gasteiger partial charge >= 0.3 is 0 Å². The predicted molar refractivity (Wildman–Crippen MR) is 59.5 cm³/mol. The van der Waals surface area contributed by atoms with E-state index in [0.29, 0.717) is 17.6 Å². The molecule has 0 fully saturated rings. The largest absolute Gasteiger partial charge is 0.339 e. The minimum absolute atomic E-state index is 0.0261. The Labute approximate surface area is 91.3 Å². The van der Waals surface area contributed by atoms with Crippen LogP contribution in [0.1, 0.15) is 10.5 Å². The summed E-state index contributed by atoms with van der Waals surface area (Å²) in [7, 11) is 1.77. The van der Waals surface area contributed by atoms with E-state index in [4.69, 9.17) is 0 Å². The lowest BCUT2D eigenvalue weighted by atomic mass is 10.3. The number of H-pyrrole nitrogens is 1. The van der Waals surface area contributed by atoms with Crippen molar-refractivity contribution in [1.29, 1.82) is 0 Å². The number of hydrogen-bond donors (Lipinski definition) is 1. The van der Waals surface area contributed by atoms with Crippen LogP contribution in [0.4, 0.5) is 0 Å². The van der Waals surface area contributed by atoms with Gasteiger partial charge in [-0.2, -0.15) is 0 Å². The number of amides is 1. The summed E-state index contributed by atoms with van der Waals surface area (Å²) in [5.74, 6) is -0.0261. The number of rotatable bonds is 0. The Morgan fingerprint density at radius 1 is 1.31 bits per heavy atom. The smallest absolute Gasteiger partial charge is 0.270 e. The van der Waals surface area contributed by atoms with Crippen LogP contribution in [0.5, 0.6) is 0 Å². The van der Waals surface area contributed by atoms with Crippen LogP contribution in [0, 0.1) is 0 Å². The highest BCUT2D eigenvalue weighted by Gasteiger charge is 2.24. The predicted octanol–water partition coefficient (Wildman–Crippen LogP) is 0.415. The maximum absolute atomic E-state index is 11.9. The van der Waals surface area contributed by atoms with Crippen LogP contribution in [0.25, 0.3) is 10.9 Å². The van der Waals surface area contributed by atoms with Crippen LogP contribution < -0.4 is 5.56 Å². The number of nitrogens with zero attached hydrogens (tertiary/aromatic N) is 2. The Kier molecular flexibility index (Phi) is 1.71. The van der Waals surface area contributed by atoms with Crippen molar-refractivity contribution in [1.82, 2.24) is 14.5 Å². The van der Waals surface area contributed by atoms with Gasteiger partial charge in [-0.25, -0.2) is 0 Å². The highest BCUT2D eigenvalue weighted by atomic mass is 16.2. The molecule has 2 aromatic rings. The van der Waals surface area contributed by atoms with Crippen LogP contribution in [-0.2, 0) is 6.54 Å². The average Bonchev–Trinajstić information content (AvgIpc) is 2.65. The first-order valence-electron chi connectivity index (χ1n) is 5.15. The summed E-state index contributed by atoms with van der Waals surface area (Å²) in [6.45, 7) is 1.42. The first-order valence-corrected chi connectivity index (χ1v) is 5.15. The van der Waals surface area contributed by atoms with Crippen LogP contribution in [0.2, 0.25) is 0 Å². The average molecular weight is 217 g/mol. The quantitative estimate of drug-likeness (QED) is 0.695. The van der Waals surface area contributed by atoms with Crippen molar-refractivity contribution in [2.24, 2.45) is 0 Å². The van der Waals surface area contributed by atoms with Gasteiger partial charge in [-0.15, -0.1) is 0 Å².